The monoisotopic (exact) mass is 587 g/mol. The van der Waals surface area contributed by atoms with Crippen LogP contribution in [0.25, 0.3) is 0 Å². The highest BCUT2D eigenvalue weighted by molar-refractivity contribution is 14.1. The van der Waals surface area contributed by atoms with Crippen molar-refractivity contribution in [2.75, 3.05) is 36.3 Å². The number of nitrogens with zero attached hydrogens (tertiary/aromatic N) is 1. The van der Waals surface area contributed by atoms with E-state index in [0.29, 0.717) is 22.9 Å². The van der Waals surface area contributed by atoms with Gasteiger partial charge in [0.15, 0.2) is 23.2 Å². The summed E-state index contributed by atoms with van der Waals surface area (Å²) in [6.45, 7) is 0.915. The van der Waals surface area contributed by atoms with Crippen molar-refractivity contribution in [2.24, 2.45) is 0 Å². The Bertz CT molecular complexity index is 1140. The third-order valence-corrected chi connectivity index (χ3v) is 7.42. The van der Waals surface area contributed by atoms with Crippen LogP contribution in [-0.2, 0) is 19.7 Å². The first-order valence-corrected chi connectivity index (χ1v) is 12.1. The molecule has 2 aromatic rings. The van der Waals surface area contributed by atoms with Gasteiger partial charge in [-0.25, -0.2) is 17.6 Å². The molecule has 2 heterocycles. The van der Waals surface area contributed by atoms with Crippen LogP contribution in [0.3, 0.4) is 0 Å². The van der Waals surface area contributed by atoms with Gasteiger partial charge in [-0.05, 0) is 40.8 Å². The van der Waals surface area contributed by atoms with Gasteiger partial charge in [0.1, 0.15) is 11.5 Å². The van der Waals surface area contributed by atoms with Gasteiger partial charge in [0.25, 0.3) is 0 Å². The van der Waals surface area contributed by atoms with Crippen LogP contribution < -0.4 is 10.0 Å². The standard InChI is InChI=1S/C19H18F4IN3O4S/c20-12-9-11(24)1-2-14(12)25-18-15(10-13(21)16(22)17(18)23)26-32(28,29)27-5-3-19(4-6-27)30-7-8-31-19/h1-2,9-10,25-26H,3-8H2. The van der Waals surface area contributed by atoms with Crippen molar-refractivity contribution < 1.29 is 35.5 Å². The van der Waals surface area contributed by atoms with E-state index in [4.69, 9.17) is 9.47 Å². The third-order valence-electron chi connectivity index (χ3n) is 5.23. The lowest BCUT2D eigenvalue weighted by Gasteiger charge is -2.36. The SMILES string of the molecule is O=S(=O)(Nc1cc(F)c(F)c(F)c1Nc1ccc(I)cc1F)N1CCC2(CC1)OCCO2. The molecule has 0 aromatic heterocycles. The second-order valence-electron chi connectivity index (χ2n) is 7.27. The first-order valence-electron chi connectivity index (χ1n) is 9.56. The number of anilines is 3. The van der Waals surface area contributed by atoms with Gasteiger partial charge < -0.3 is 14.8 Å². The largest absolute Gasteiger partial charge is 0.349 e. The maximum atomic E-state index is 14.6. The van der Waals surface area contributed by atoms with Gasteiger partial charge in [0.2, 0.25) is 0 Å². The van der Waals surface area contributed by atoms with Gasteiger partial charge in [0.05, 0.1) is 24.6 Å². The Morgan fingerprint density at radius 3 is 2.22 bits per heavy atom. The molecule has 13 heteroatoms. The van der Waals surface area contributed by atoms with E-state index in [1.807, 2.05) is 22.6 Å². The quantitative estimate of drug-likeness (QED) is 0.313. The molecule has 2 N–H and O–H groups in total. The number of hydrogen-bond acceptors (Lipinski definition) is 5. The lowest BCUT2D eigenvalue weighted by molar-refractivity contribution is -0.179. The van der Waals surface area contributed by atoms with Crippen molar-refractivity contribution in [3.05, 3.63) is 51.1 Å². The van der Waals surface area contributed by atoms with E-state index in [1.165, 1.54) is 12.1 Å². The van der Waals surface area contributed by atoms with Gasteiger partial charge in [-0.2, -0.15) is 12.7 Å². The fourth-order valence-electron chi connectivity index (χ4n) is 3.58. The summed E-state index contributed by atoms with van der Waals surface area (Å²) < 4.78 is 97.1. The van der Waals surface area contributed by atoms with E-state index in [9.17, 15) is 26.0 Å². The number of piperidine rings is 1. The minimum atomic E-state index is -4.28. The Morgan fingerprint density at radius 1 is 0.938 bits per heavy atom. The van der Waals surface area contributed by atoms with Crippen molar-refractivity contribution in [3.63, 3.8) is 0 Å². The van der Waals surface area contributed by atoms with E-state index < -0.39 is 50.6 Å². The molecule has 0 amide bonds. The fraction of sp³-hybridized carbons (Fsp3) is 0.368. The molecule has 2 fully saturated rings. The molecule has 4 rings (SSSR count). The zero-order valence-electron chi connectivity index (χ0n) is 16.4. The van der Waals surface area contributed by atoms with Crippen LogP contribution in [0.2, 0.25) is 0 Å². The highest BCUT2D eigenvalue weighted by Crippen LogP contribution is 2.36. The van der Waals surface area contributed by atoms with Crippen LogP contribution in [0.5, 0.6) is 0 Å². The Labute approximate surface area is 195 Å². The molecule has 0 bridgehead atoms. The number of hydrogen-bond donors (Lipinski definition) is 2. The molecule has 174 valence electrons. The summed E-state index contributed by atoms with van der Waals surface area (Å²) in [5.74, 6) is -6.72. The average molecular weight is 587 g/mol. The molecule has 0 saturated carbocycles. The molecule has 2 saturated heterocycles. The molecule has 0 atom stereocenters. The van der Waals surface area contributed by atoms with Crippen LogP contribution in [-0.4, -0.2) is 44.8 Å². The fourth-order valence-corrected chi connectivity index (χ4v) is 5.26. The Balaban J connectivity index is 1.61. The lowest BCUT2D eigenvalue weighted by atomic mass is 10.1. The smallest absolute Gasteiger partial charge is 0.301 e. The highest BCUT2D eigenvalue weighted by atomic mass is 127. The molecule has 0 unspecified atom stereocenters. The topological polar surface area (TPSA) is 79.9 Å². The molecule has 2 aliphatic heterocycles. The average Bonchev–Trinajstić information content (AvgIpc) is 3.18. The maximum Gasteiger partial charge on any atom is 0.301 e. The maximum absolute atomic E-state index is 14.6. The summed E-state index contributed by atoms with van der Waals surface area (Å²) in [6.07, 6.45) is 0.554. The summed E-state index contributed by atoms with van der Waals surface area (Å²) >= 11 is 1.86. The number of halogens is 5. The van der Waals surface area contributed by atoms with Gasteiger partial charge in [-0.3, -0.25) is 4.72 Å². The summed E-state index contributed by atoms with van der Waals surface area (Å²) in [5, 5.41) is 2.32. The molecular formula is C19H18F4IN3O4S. The molecule has 2 aliphatic rings. The van der Waals surface area contributed by atoms with Crippen molar-refractivity contribution in [2.45, 2.75) is 18.6 Å². The van der Waals surface area contributed by atoms with Crippen molar-refractivity contribution in [1.82, 2.24) is 4.31 Å². The summed E-state index contributed by atoms with van der Waals surface area (Å²) in [7, 11) is -4.28. The Kier molecular flexibility index (Phi) is 6.55. The van der Waals surface area contributed by atoms with Crippen LogP contribution in [0.15, 0.2) is 24.3 Å². The predicted molar refractivity (Wildman–Crippen MR) is 117 cm³/mol. The van der Waals surface area contributed by atoms with E-state index in [-0.39, 0.29) is 31.6 Å². The minimum absolute atomic E-state index is 0.0377. The first kappa shape index (κ1) is 23.5. The molecule has 2 aromatic carbocycles. The summed E-state index contributed by atoms with van der Waals surface area (Å²) in [5.41, 5.74) is -1.59. The third kappa shape index (κ3) is 4.66. The van der Waals surface area contributed by atoms with Gasteiger partial charge in [-0.1, -0.05) is 0 Å². The normalized spacial score (nSPS) is 18.8. The summed E-state index contributed by atoms with van der Waals surface area (Å²) in [6, 6.07) is 4.41. The van der Waals surface area contributed by atoms with Gasteiger partial charge in [-0.15, -0.1) is 0 Å². The van der Waals surface area contributed by atoms with Crippen LogP contribution in [0.1, 0.15) is 12.8 Å². The molecule has 32 heavy (non-hydrogen) atoms. The van der Waals surface area contributed by atoms with Crippen LogP contribution in [0.4, 0.5) is 34.6 Å². The Hall–Kier alpha value is -1.68. The summed E-state index contributed by atoms with van der Waals surface area (Å²) in [4.78, 5) is 0. The molecule has 7 nitrogen and oxygen atoms in total. The lowest BCUT2D eigenvalue weighted by Crippen LogP contribution is -2.48. The minimum Gasteiger partial charge on any atom is -0.349 e. The first-order chi connectivity index (χ1) is 15.1. The van der Waals surface area contributed by atoms with Gasteiger partial charge >= 0.3 is 10.2 Å². The van der Waals surface area contributed by atoms with Crippen LogP contribution >= 0.6 is 22.6 Å². The number of nitrogens with one attached hydrogen (secondary N) is 2. The van der Waals surface area contributed by atoms with Crippen molar-refractivity contribution in [1.29, 1.82) is 0 Å². The molecular weight excluding hydrogens is 569 g/mol. The van der Waals surface area contributed by atoms with Gasteiger partial charge in [0, 0.05) is 35.6 Å². The molecule has 0 aliphatic carbocycles. The molecule has 1 spiro atoms. The van der Waals surface area contributed by atoms with E-state index >= 15 is 0 Å². The predicted octanol–water partition coefficient (Wildman–Crippen LogP) is 4.09. The zero-order valence-corrected chi connectivity index (χ0v) is 19.4. The van der Waals surface area contributed by atoms with E-state index in [2.05, 4.69) is 10.0 Å². The van der Waals surface area contributed by atoms with Crippen molar-refractivity contribution >= 4 is 49.9 Å². The Morgan fingerprint density at radius 2 is 1.59 bits per heavy atom. The second kappa shape index (κ2) is 8.93. The second-order valence-corrected chi connectivity index (χ2v) is 10.2. The van der Waals surface area contributed by atoms with Crippen molar-refractivity contribution in [3.8, 4) is 0 Å². The van der Waals surface area contributed by atoms with Crippen LogP contribution in [0, 0.1) is 26.8 Å². The van der Waals surface area contributed by atoms with E-state index in [0.717, 1.165) is 10.4 Å². The number of rotatable bonds is 5. The molecule has 0 radical (unpaired) electrons. The highest BCUT2D eigenvalue weighted by Gasteiger charge is 2.42. The van der Waals surface area contributed by atoms with E-state index in [1.54, 1.807) is 0 Å². The number of ether oxygens (including phenoxy) is 2. The number of benzene rings is 2. The zero-order chi connectivity index (χ0) is 23.1.